The molecule has 11 nitrogen and oxygen atoms in total. The molecule has 0 aromatic heterocycles. The summed E-state index contributed by atoms with van der Waals surface area (Å²) in [6.45, 7) is 3.99. The molecule has 4 aliphatic rings. The number of sulfonamides is 1. The summed E-state index contributed by atoms with van der Waals surface area (Å²) in [5.41, 5.74) is 1.71. The van der Waals surface area contributed by atoms with Gasteiger partial charge in [0.05, 0.1) is 0 Å². The van der Waals surface area contributed by atoms with E-state index in [2.05, 4.69) is 15.6 Å². The number of benzene rings is 2. The van der Waals surface area contributed by atoms with Crippen molar-refractivity contribution in [1.82, 2.24) is 14.9 Å². The van der Waals surface area contributed by atoms with Gasteiger partial charge >= 0.3 is 6.03 Å². The zero-order chi connectivity index (χ0) is 29.9. The fourth-order valence-corrected chi connectivity index (χ4v) is 7.82. The second kappa shape index (κ2) is 10.1. The number of aromatic hydroxyl groups is 1. The molecular formula is C30H33N5O6S. The van der Waals surface area contributed by atoms with Crippen LogP contribution in [0.1, 0.15) is 60.8 Å². The molecule has 0 bridgehead atoms. The third-order valence-electron chi connectivity index (χ3n) is 8.98. The van der Waals surface area contributed by atoms with Gasteiger partial charge in [-0.2, -0.15) is 4.31 Å². The highest BCUT2D eigenvalue weighted by molar-refractivity contribution is 7.92. The highest BCUT2D eigenvalue weighted by Gasteiger charge is 2.55. The third-order valence-corrected chi connectivity index (χ3v) is 10.5. The van der Waals surface area contributed by atoms with Gasteiger partial charge in [0.15, 0.2) is 0 Å². The van der Waals surface area contributed by atoms with Gasteiger partial charge in [0.25, 0.3) is 11.8 Å². The van der Waals surface area contributed by atoms with Gasteiger partial charge in [-0.05, 0) is 98.7 Å². The zero-order valence-electron chi connectivity index (χ0n) is 23.5. The van der Waals surface area contributed by atoms with E-state index in [-0.39, 0.29) is 43.5 Å². The fourth-order valence-electron chi connectivity index (χ4n) is 6.65. The Morgan fingerprint density at radius 2 is 1.52 bits per heavy atom. The normalized spacial score (nSPS) is 21.9. The van der Waals surface area contributed by atoms with Gasteiger partial charge in [-0.3, -0.25) is 24.8 Å². The van der Waals surface area contributed by atoms with Crippen molar-refractivity contribution >= 4 is 45.5 Å². The van der Waals surface area contributed by atoms with Crippen LogP contribution in [0.15, 0.2) is 46.8 Å². The van der Waals surface area contributed by atoms with Gasteiger partial charge in [-0.25, -0.2) is 13.2 Å². The minimum absolute atomic E-state index is 0.110. The number of hydrogen-bond donors (Lipinski definition) is 3. The number of nitrogens with zero attached hydrogens (tertiary/aromatic N) is 3. The van der Waals surface area contributed by atoms with Crippen molar-refractivity contribution in [2.24, 2.45) is 4.99 Å². The van der Waals surface area contributed by atoms with Gasteiger partial charge in [0, 0.05) is 29.7 Å². The molecule has 0 atom stereocenters. The molecule has 2 spiro atoms. The van der Waals surface area contributed by atoms with Gasteiger partial charge < -0.3 is 10.4 Å². The number of carbonyl (C=O) groups is 3. The Hall–Kier alpha value is -4.03. The Morgan fingerprint density at radius 3 is 2.14 bits per heavy atom. The number of amides is 4. The van der Waals surface area contributed by atoms with E-state index >= 15 is 0 Å². The van der Waals surface area contributed by atoms with Crippen LogP contribution in [0.4, 0.5) is 10.5 Å². The summed E-state index contributed by atoms with van der Waals surface area (Å²) < 4.78 is 27.9. The lowest BCUT2D eigenvalue weighted by Crippen LogP contribution is -2.50. The van der Waals surface area contributed by atoms with Gasteiger partial charge in [-0.1, -0.05) is 12.8 Å². The number of amidine groups is 1. The van der Waals surface area contributed by atoms with Gasteiger partial charge in [-0.15, -0.1) is 0 Å². The minimum atomic E-state index is -3.78. The van der Waals surface area contributed by atoms with Crippen LogP contribution in [0.3, 0.4) is 0 Å². The molecule has 1 saturated carbocycles. The number of aryl methyl sites for hydroxylation is 2. The molecule has 12 heteroatoms. The molecule has 0 radical (unpaired) electrons. The summed E-state index contributed by atoms with van der Waals surface area (Å²) in [5, 5.41) is 16.0. The molecule has 4 amide bonds. The number of rotatable bonds is 5. The number of aliphatic imine (C=N–C) groups is 1. The first-order chi connectivity index (χ1) is 19.9. The summed E-state index contributed by atoms with van der Waals surface area (Å²) in [4.78, 5) is 44.6. The smallest absolute Gasteiger partial charge is 0.329 e. The van der Waals surface area contributed by atoms with E-state index in [1.165, 1.54) is 21.8 Å². The van der Waals surface area contributed by atoms with E-state index < -0.39 is 27.1 Å². The summed E-state index contributed by atoms with van der Waals surface area (Å²) in [6.07, 6.45) is 5.05. The number of nitrogens with one attached hydrogen (secondary N) is 2. The highest BCUT2D eigenvalue weighted by atomic mass is 32.2. The maximum atomic E-state index is 13.3. The van der Waals surface area contributed by atoms with Crippen LogP contribution in [0.25, 0.3) is 6.08 Å². The summed E-state index contributed by atoms with van der Waals surface area (Å²) in [7, 11) is -3.78. The molecule has 3 aliphatic heterocycles. The summed E-state index contributed by atoms with van der Waals surface area (Å²) in [6, 6.07) is 9.59. The first-order valence-electron chi connectivity index (χ1n) is 14.1. The average Bonchev–Trinajstić information content (AvgIpc) is 3.61. The number of imide groups is 1. The molecule has 3 fully saturated rings. The van der Waals surface area contributed by atoms with Crippen LogP contribution in [-0.2, 0) is 19.6 Å². The largest absolute Gasteiger partial charge is 0.508 e. The Morgan fingerprint density at radius 1 is 0.905 bits per heavy atom. The zero-order valence-corrected chi connectivity index (χ0v) is 24.3. The van der Waals surface area contributed by atoms with Crippen LogP contribution in [-0.4, -0.2) is 65.7 Å². The van der Waals surface area contributed by atoms with Crippen LogP contribution in [0.5, 0.6) is 5.75 Å². The first-order valence-corrected chi connectivity index (χ1v) is 15.6. The van der Waals surface area contributed by atoms with E-state index in [1.807, 2.05) is 26.0 Å². The fraction of sp³-hybridized carbons (Fsp3) is 0.400. The molecular weight excluding hydrogens is 558 g/mol. The monoisotopic (exact) mass is 591 g/mol. The first kappa shape index (κ1) is 28.1. The van der Waals surface area contributed by atoms with Crippen molar-refractivity contribution < 1.29 is 27.9 Å². The second-order valence-electron chi connectivity index (χ2n) is 11.6. The minimum Gasteiger partial charge on any atom is -0.508 e. The predicted molar refractivity (Wildman–Crippen MR) is 157 cm³/mol. The van der Waals surface area contributed by atoms with Crippen LogP contribution in [0, 0.1) is 13.8 Å². The molecule has 2 saturated heterocycles. The maximum Gasteiger partial charge on any atom is 0.329 e. The maximum absolute atomic E-state index is 13.3. The Bertz CT molecular complexity index is 1630. The molecule has 2 aromatic rings. The Kier molecular flexibility index (Phi) is 6.73. The number of urea groups is 1. The second-order valence-corrected chi connectivity index (χ2v) is 13.4. The molecule has 1 aliphatic carbocycles. The molecule has 2 aromatic carbocycles. The molecule has 0 unspecified atom stereocenters. The predicted octanol–water partition coefficient (Wildman–Crippen LogP) is 3.09. The lowest BCUT2D eigenvalue weighted by molar-refractivity contribution is -0.125. The van der Waals surface area contributed by atoms with E-state index in [4.69, 9.17) is 0 Å². The molecule has 3 heterocycles. The van der Waals surface area contributed by atoms with E-state index in [1.54, 1.807) is 23.1 Å². The van der Waals surface area contributed by atoms with Gasteiger partial charge in [0.2, 0.25) is 10.0 Å². The van der Waals surface area contributed by atoms with Crippen molar-refractivity contribution in [2.75, 3.05) is 18.0 Å². The van der Waals surface area contributed by atoms with Crippen molar-refractivity contribution in [3.8, 4) is 5.75 Å². The van der Waals surface area contributed by atoms with Crippen LogP contribution in [0.2, 0.25) is 0 Å². The van der Waals surface area contributed by atoms with Crippen LogP contribution >= 0.6 is 0 Å². The van der Waals surface area contributed by atoms with Crippen molar-refractivity contribution in [1.29, 1.82) is 0 Å². The quantitative estimate of drug-likeness (QED) is 0.455. The summed E-state index contributed by atoms with van der Waals surface area (Å²) in [5.74, 6) is 0.0211. The van der Waals surface area contributed by atoms with Gasteiger partial charge in [0.1, 0.15) is 22.7 Å². The lowest BCUT2D eigenvalue weighted by atomic mass is 9.89. The van der Waals surface area contributed by atoms with Crippen LogP contribution < -0.4 is 15.5 Å². The number of piperidine rings is 1. The van der Waals surface area contributed by atoms with E-state index in [0.717, 1.165) is 29.5 Å². The molecule has 3 N–H and O–H groups in total. The molecule has 42 heavy (non-hydrogen) atoms. The van der Waals surface area contributed by atoms with E-state index in [0.29, 0.717) is 29.9 Å². The van der Waals surface area contributed by atoms with Crippen molar-refractivity contribution in [3.05, 3.63) is 64.1 Å². The van der Waals surface area contributed by atoms with Crippen molar-refractivity contribution in [2.45, 2.75) is 63.5 Å². The molecule has 220 valence electrons. The number of hydrogen-bond acceptors (Lipinski definition) is 7. The molecule has 6 rings (SSSR count). The van der Waals surface area contributed by atoms with E-state index in [9.17, 15) is 27.9 Å². The third kappa shape index (κ3) is 4.58. The standard InChI is InChI=1S/C30H33N5O6S/c1-19-17-22(35-28(39)32-27(38)30(35)10-3-4-11-30)18-20(2)24(19)9-16-42(40,41)34-14-12-29(13-15-34)26(37)31-25(33-29)21-5-7-23(36)8-6-21/h5-9,16-18,36H,3-4,10-15H2,1-2H3,(H,31,33,37)(H,32,38,39)/b16-9+. The summed E-state index contributed by atoms with van der Waals surface area (Å²) >= 11 is 0. The highest BCUT2D eigenvalue weighted by Crippen LogP contribution is 2.42. The number of anilines is 1. The van der Waals surface area contributed by atoms with Crippen molar-refractivity contribution in [3.63, 3.8) is 0 Å². The average molecular weight is 592 g/mol. The Balaban J connectivity index is 1.18. The number of phenols is 1. The lowest BCUT2D eigenvalue weighted by Gasteiger charge is -2.34. The number of carbonyl (C=O) groups excluding carboxylic acids is 3. The topological polar surface area (TPSA) is 148 Å². The number of phenolic OH excluding ortho intramolecular Hbond substituents is 1. The SMILES string of the molecule is Cc1cc(N2C(=O)NC(=O)C23CCCC3)cc(C)c1/C=C/S(=O)(=O)N1CCC2(CC1)N=C(c1ccc(O)cc1)NC2=O. The Labute approximate surface area is 244 Å².